The third kappa shape index (κ3) is 3.90. The van der Waals surface area contributed by atoms with E-state index in [4.69, 9.17) is 0 Å². The zero-order chi connectivity index (χ0) is 14.0. The van der Waals surface area contributed by atoms with Crippen molar-refractivity contribution in [3.63, 3.8) is 0 Å². The van der Waals surface area contributed by atoms with Crippen LogP contribution in [0.4, 0.5) is 0 Å². The molecule has 2 nitrogen and oxygen atoms in total. The molecule has 1 N–H and O–H groups in total. The van der Waals surface area contributed by atoms with Crippen LogP contribution in [0.25, 0.3) is 0 Å². The molecule has 2 aromatic rings. The number of carbonyl (C=O) groups is 1. The number of hydrogen-bond donors (Lipinski definition) is 1. The quantitative estimate of drug-likeness (QED) is 0.632. The fraction of sp³-hybridized carbons (Fsp3) is 0.154. The highest BCUT2D eigenvalue weighted by Gasteiger charge is 2.16. The lowest BCUT2D eigenvalue weighted by Crippen LogP contribution is -2.26. The average molecular weight is 468 g/mol. The first-order valence-electron chi connectivity index (χ1n) is 5.48. The molecular formula is C13H10Br3NOS. The standard InChI is InChI=1S/C13H10Br3NOS/c1-7(8-3-2-4-9(14)5-8)17-13(18)10-6-11(15)19-12(10)16/h2-7H,1H3,(H,17,18). The van der Waals surface area contributed by atoms with Gasteiger partial charge in [-0.3, -0.25) is 4.79 Å². The second-order valence-electron chi connectivity index (χ2n) is 3.99. The van der Waals surface area contributed by atoms with Crippen LogP contribution < -0.4 is 5.32 Å². The molecular weight excluding hydrogens is 458 g/mol. The molecule has 0 spiro atoms. The number of amides is 1. The van der Waals surface area contributed by atoms with Gasteiger partial charge in [0.1, 0.15) is 0 Å². The van der Waals surface area contributed by atoms with E-state index in [1.165, 1.54) is 11.3 Å². The molecule has 1 aromatic carbocycles. The summed E-state index contributed by atoms with van der Waals surface area (Å²) in [5, 5.41) is 2.99. The van der Waals surface area contributed by atoms with E-state index in [0.717, 1.165) is 17.6 Å². The Bertz CT molecular complexity index is 612. The number of thiophene rings is 1. The third-order valence-electron chi connectivity index (χ3n) is 2.60. The van der Waals surface area contributed by atoms with Gasteiger partial charge in [0.25, 0.3) is 5.91 Å². The lowest BCUT2D eigenvalue weighted by Gasteiger charge is -2.14. The van der Waals surface area contributed by atoms with Crippen molar-refractivity contribution in [3.05, 3.63) is 53.5 Å². The van der Waals surface area contributed by atoms with Crippen LogP contribution in [0.2, 0.25) is 0 Å². The molecule has 0 fully saturated rings. The summed E-state index contributed by atoms with van der Waals surface area (Å²) in [6.45, 7) is 1.97. The first-order valence-corrected chi connectivity index (χ1v) is 8.68. The van der Waals surface area contributed by atoms with E-state index in [-0.39, 0.29) is 11.9 Å². The molecule has 0 saturated heterocycles. The van der Waals surface area contributed by atoms with Gasteiger partial charge < -0.3 is 5.32 Å². The zero-order valence-corrected chi connectivity index (χ0v) is 15.5. The van der Waals surface area contributed by atoms with Crippen LogP contribution in [0, 0.1) is 0 Å². The molecule has 2 rings (SSSR count). The fourth-order valence-electron chi connectivity index (χ4n) is 1.63. The summed E-state index contributed by atoms with van der Waals surface area (Å²) in [6.07, 6.45) is 0. The van der Waals surface area contributed by atoms with E-state index in [2.05, 4.69) is 53.1 Å². The van der Waals surface area contributed by atoms with E-state index in [1.54, 1.807) is 0 Å². The van der Waals surface area contributed by atoms with Crippen LogP contribution in [0.15, 0.2) is 42.4 Å². The third-order valence-corrected chi connectivity index (χ3v) is 5.43. The SMILES string of the molecule is CC(NC(=O)c1cc(Br)sc1Br)c1cccc(Br)c1. The minimum Gasteiger partial charge on any atom is -0.345 e. The Morgan fingerprint density at radius 2 is 2.00 bits per heavy atom. The van der Waals surface area contributed by atoms with Gasteiger partial charge >= 0.3 is 0 Å². The van der Waals surface area contributed by atoms with Gasteiger partial charge in [0.05, 0.1) is 19.2 Å². The molecule has 0 aliphatic carbocycles. The van der Waals surface area contributed by atoms with Crippen LogP contribution in [-0.4, -0.2) is 5.91 Å². The number of nitrogens with one attached hydrogen (secondary N) is 1. The summed E-state index contributed by atoms with van der Waals surface area (Å²) < 4.78 is 2.77. The molecule has 0 bridgehead atoms. The molecule has 0 aliphatic rings. The van der Waals surface area contributed by atoms with Crippen LogP contribution in [-0.2, 0) is 0 Å². The summed E-state index contributed by atoms with van der Waals surface area (Å²) in [5.74, 6) is -0.0821. The average Bonchev–Trinajstić information content (AvgIpc) is 2.68. The lowest BCUT2D eigenvalue weighted by molar-refractivity contribution is 0.0939. The topological polar surface area (TPSA) is 29.1 Å². The van der Waals surface area contributed by atoms with Crippen molar-refractivity contribution in [3.8, 4) is 0 Å². The van der Waals surface area contributed by atoms with Crippen molar-refractivity contribution in [1.29, 1.82) is 0 Å². The maximum absolute atomic E-state index is 12.2. The van der Waals surface area contributed by atoms with Gasteiger partial charge in [-0.1, -0.05) is 28.1 Å². The Morgan fingerprint density at radius 1 is 1.26 bits per heavy atom. The zero-order valence-electron chi connectivity index (χ0n) is 9.91. The smallest absolute Gasteiger partial charge is 0.253 e. The predicted molar refractivity (Wildman–Crippen MR) is 89.7 cm³/mol. The summed E-state index contributed by atoms with van der Waals surface area (Å²) in [6, 6.07) is 9.69. The molecule has 1 heterocycles. The minimum absolute atomic E-state index is 0.0458. The van der Waals surface area contributed by atoms with Crippen molar-refractivity contribution in [2.45, 2.75) is 13.0 Å². The van der Waals surface area contributed by atoms with Gasteiger partial charge in [-0.15, -0.1) is 11.3 Å². The predicted octanol–water partition coefficient (Wildman–Crippen LogP) is 5.53. The number of carbonyl (C=O) groups excluding carboxylic acids is 1. The van der Waals surface area contributed by atoms with Gasteiger partial charge in [-0.05, 0) is 62.5 Å². The maximum Gasteiger partial charge on any atom is 0.253 e. The maximum atomic E-state index is 12.2. The molecule has 6 heteroatoms. The molecule has 0 aliphatic heterocycles. The number of benzene rings is 1. The van der Waals surface area contributed by atoms with Gasteiger partial charge in [-0.25, -0.2) is 0 Å². The molecule has 0 saturated carbocycles. The second-order valence-corrected chi connectivity index (χ2v) is 8.65. The molecule has 1 unspecified atom stereocenters. The monoisotopic (exact) mass is 465 g/mol. The highest BCUT2D eigenvalue weighted by Crippen LogP contribution is 2.32. The molecule has 19 heavy (non-hydrogen) atoms. The van der Waals surface area contributed by atoms with Crippen molar-refractivity contribution < 1.29 is 4.79 Å². The normalized spacial score (nSPS) is 12.2. The van der Waals surface area contributed by atoms with Crippen molar-refractivity contribution in [1.82, 2.24) is 5.32 Å². The summed E-state index contributed by atoms with van der Waals surface area (Å²) in [4.78, 5) is 12.2. The van der Waals surface area contributed by atoms with Crippen LogP contribution in [0.5, 0.6) is 0 Å². The molecule has 1 atom stereocenters. The first-order chi connectivity index (χ1) is 8.97. The van der Waals surface area contributed by atoms with Gasteiger partial charge in [0.15, 0.2) is 0 Å². The van der Waals surface area contributed by atoms with Crippen LogP contribution in [0.3, 0.4) is 0 Å². The first kappa shape index (κ1) is 15.2. The fourth-order valence-corrected chi connectivity index (χ4v) is 4.84. The Hall–Kier alpha value is -0.170. The minimum atomic E-state index is -0.0821. The Balaban J connectivity index is 2.13. The van der Waals surface area contributed by atoms with Crippen LogP contribution in [0.1, 0.15) is 28.9 Å². The molecule has 1 aromatic heterocycles. The Kier molecular flexibility index (Phi) is 5.22. The van der Waals surface area contributed by atoms with E-state index in [1.807, 2.05) is 37.3 Å². The molecule has 0 radical (unpaired) electrons. The number of hydrogen-bond acceptors (Lipinski definition) is 2. The van der Waals surface area contributed by atoms with Crippen molar-refractivity contribution in [2.24, 2.45) is 0 Å². The van der Waals surface area contributed by atoms with Gasteiger partial charge in [0, 0.05) is 4.47 Å². The molecule has 1 amide bonds. The van der Waals surface area contributed by atoms with E-state index in [9.17, 15) is 4.79 Å². The van der Waals surface area contributed by atoms with Crippen molar-refractivity contribution >= 4 is 65.0 Å². The van der Waals surface area contributed by atoms with E-state index >= 15 is 0 Å². The summed E-state index contributed by atoms with van der Waals surface area (Å²) >= 11 is 11.7. The lowest BCUT2D eigenvalue weighted by atomic mass is 10.1. The molecule has 100 valence electrons. The number of rotatable bonds is 3. The Labute approximate surface area is 141 Å². The van der Waals surface area contributed by atoms with E-state index < -0.39 is 0 Å². The number of halogens is 3. The second kappa shape index (κ2) is 6.52. The largest absolute Gasteiger partial charge is 0.345 e. The van der Waals surface area contributed by atoms with Gasteiger partial charge in [-0.2, -0.15) is 0 Å². The summed E-state index contributed by atoms with van der Waals surface area (Å²) in [5.41, 5.74) is 1.71. The van der Waals surface area contributed by atoms with E-state index in [0.29, 0.717) is 5.56 Å². The van der Waals surface area contributed by atoms with Gasteiger partial charge in [0.2, 0.25) is 0 Å². The highest BCUT2D eigenvalue weighted by molar-refractivity contribution is 9.12. The van der Waals surface area contributed by atoms with Crippen LogP contribution >= 0.6 is 59.1 Å². The highest BCUT2D eigenvalue weighted by atomic mass is 79.9. The Morgan fingerprint density at radius 3 is 2.58 bits per heavy atom. The van der Waals surface area contributed by atoms with Crippen molar-refractivity contribution in [2.75, 3.05) is 0 Å². The summed E-state index contributed by atoms with van der Waals surface area (Å²) in [7, 11) is 0.